The van der Waals surface area contributed by atoms with Crippen LogP contribution >= 0.6 is 0 Å². The summed E-state index contributed by atoms with van der Waals surface area (Å²) in [5.41, 5.74) is 0. The van der Waals surface area contributed by atoms with Crippen LogP contribution in [-0.4, -0.2) is 11.7 Å². The van der Waals surface area contributed by atoms with Gasteiger partial charge in [-0.3, -0.25) is 0 Å². The molecule has 0 radical (unpaired) electrons. The molecule has 1 N–H and O–H groups in total. The Bertz CT molecular complexity index is 114. The summed E-state index contributed by atoms with van der Waals surface area (Å²) < 4.78 is 0. The van der Waals surface area contributed by atoms with Crippen molar-refractivity contribution in [3.63, 3.8) is 0 Å². The van der Waals surface area contributed by atoms with Crippen LogP contribution < -0.4 is 0 Å². The van der Waals surface area contributed by atoms with E-state index in [1.807, 2.05) is 6.08 Å². The second-order valence-electron chi connectivity index (χ2n) is 3.48. The Balaban J connectivity index is 2.35. The number of hydrogen-bond donors (Lipinski definition) is 1. The van der Waals surface area contributed by atoms with Crippen LogP contribution in [0.15, 0.2) is 12.7 Å². The van der Waals surface area contributed by atoms with Gasteiger partial charge in [0.15, 0.2) is 0 Å². The van der Waals surface area contributed by atoms with Gasteiger partial charge >= 0.3 is 0 Å². The van der Waals surface area contributed by atoms with E-state index in [0.29, 0.717) is 11.8 Å². The highest BCUT2D eigenvalue weighted by molar-refractivity contribution is 4.85. The molecule has 0 spiro atoms. The Morgan fingerprint density at radius 3 is 2.45 bits per heavy atom. The number of aliphatic hydroxyl groups is 1. The first kappa shape index (κ1) is 8.79. The second-order valence-corrected chi connectivity index (χ2v) is 3.48. The maximum atomic E-state index is 9.01. The van der Waals surface area contributed by atoms with Crippen LogP contribution in [0.2, 0.25) is 0 Å². The molecular weight excluding hydrogens is 136 g/mol. The molecule has 0 unspecified atom stereocenters. The molecule has 0 amide bonds. The monoisotopic (exact) mass is 154 g/mol. The summed E-state index contributed by atoms with van der Waals surface area (Å²) in [5, 5.41) is 9.01. The van der Waals surface area contributed by atoms with Gasteiger partial charge in [0.25, 0.3) is 0 Å². The van der Waals surface area contributed by atoms with Crippen LogP contribution in [-0.2, 0) is 0 Å². The maximum absolute atomic E-state index is 9.01. The molecule has 0 aromatic carbocycles. The van der Waals surface area contributed by atoms with Crippen molar-refractivity contribution in [3.05, 3.63) is 12.7 Å². The molecule has 64 valence electrons. The lowest BCUT2D eigenvalue weighted by Gasteiger charge is -2.26. The largest absolute Gasteiger partial charge is 0.396 e. The van der Waals surface area contributed by atoms with Gasteiger partial charge in [0.1, 0.15) is 0 Å². The molecule has 0 aliphatic heterocycles. The van der Waals surface area contributed by atoms with Crippen LogP contribution in [0.4, 0.5) is 0 Å². The first-order chi connectivity index (χ1) is 5.38. The molecule has 0 heterocycles. The number of rotatable bonds is 3. The van der Waals surface area contributed by atoms with Crippen LogP contribution in [0.5, 0.6) is 0 Å². The molecule has 0 saturated heterocycles. The molecule has 11 heavy (non-hydrogen) atoms. The lowest BCUT2D eigenvalue weighted by molar-refractivity contribution is 0.179. The molecule has 1 saturated carbocycles. The molecule has 1 aliphatic carbocycles. The van der Waals surface area contributed by atoms with Crippen molar-refractivity contribution in [2.24, 2.45) is 11.8 Å². The van der Waals surface area contributed by atoms with Gasteiger partial charge in [0.05, 0.1) is 0 Å². The van der Waals surface area contributed by atoms with Crippen molar-refractivity contribution in [2.45, 2.75) is 32.1 Å². The van der Waals surface area contributed by atoms with Crippen molar-refractivity contribution in [1.29, 1.82) is 0 Å². The fourth-order valence-corrected chi connectivity index (χ4v) is 1.98. The molecule has 0 aromatic rings. The third-order valence-corrected chi connectivity index (χ3v) is 2.77. The Morgan fingerprint density at radius 2 is 2.00 bits per heavy atom. The van der Waals surface area contributed by atoms with Gasteiger partial charge in [-0.05, 0) is 18.8 Å². The van der Waals surface area contributed by atoms with Crippen LogP contribution in [0.1, 0.15) is 32.1 Å². The van der Waals surface area contributed by atoms with E-state index < -0.39 is 0 Å². The minimum absolute atomic E-state index is 0.286. The van der Waals surface area contributed by atoms with Gasteiger partial charge in [0, 0.05) is 12.5 Å². The zero-order valence-electron chi connectivity index (χ0n) is 7.13. The maximum Gasteiger partial charge on any atom is 0.0496 e. The van der Waals surface area contributed by atoms with Crippen molar-refractivity contribution >= 4 is 0 Å². The summed E-state index contributed by atoms with van der Waals surface area (Å²) >= 11 is 0. The van der Waals surface area contributed by atoms with Crippen molar-refractivity contribution in [2.75, 3.05) is 6.61 Å². The zero-order chi connectivity index (χ0) is 8.10. The van der Waals surface area contributed by atoms with E-state index in [1.165, 1.54) is 32.1 Å². The van der Waals surface area contributed by atoms with E-state index >= 15 is 0 Å². The zero-order valence-corrected chi connectivity index (χ0v) is 7.13. The summed E-state index contributed by atoms with van der Waals surface area (Å²) in [7, 11) is 0. The summed E-state index contributed by atoms with van der Waals surface area (Å²) in [6.07, 6.45) is 8.56. The minimum Gasteiger partial charge on any atom is -0.396 e. The minimum atomic E-state index is 0.286. The van der Waals surface area contributed by atoms with Crippen LogP contribution in [0, 0.1) is 11.8 Å². The lowest BCUT2D eigenvalue weighted by Crippen LogP contribution is -2.18. The summed E-state index contributed by atoms with van der Waals surface area (Å²) in [5.74, 6) is 1.07. The molecular formula is C10H18O. The van der Waals surface area contributed by atoms with E-state index in [-0.39, 0.29) is 6.61 Å². The highest BCUT2D eigenvalue weighted by Gasteiger charge is 2.19. The summed E-state index contributed by atoms with van der Waals surface area (Å²) in [4.78, 5) is 0. The predicted molar refractivity (Wildman–Crippen MR) is 47.3 cm³/mol. The van der Waals surface area contributed by atoms with Crippen molar-refractivity contribution < 1.29 is 5.11 Å². The standard InChI is InChI=1S/C10H18O/c1-2-9(8-11)10-6-4-3-5-7-10/h2,9-11H,1,3-8H2/t9-/m0/s1. The molecule has 1 rings (SSSR count). The highest BCUT2D eigenvalue weighted by Crippen LogP contribution is 2.30. The summed E-state index contributed by atoms with van der Waals surface area (Å²) in [6.45, 7) is 4.03. The van der Waals surface area contributed by atoms with E-state index in [2.05, 4.69) is 6.58 Å². The van der Waals surface area contributed by atoms with Crippen LogP contribution in [0.3, 0.4) is 0 Å². The van der Waals surface area contributed by atoms with Gasteiger partial charge in [-0.2, -0.15) is 0 Å². The fourth-order valence-electron chi connectivity index (χ4n) is 1.98. The van der Waals surface area contributed by atoms with Gasteiger partial charge < -0.3 is 5.11 Å². The molecule has 1 aliphatic rings. The highest BCUT2D eigenvalue weighted by atomic mass is 16.3. The first-order valence-electron chi connectivity index (χ1n) is 4.62. The van der Waals surface area contributed by atoms with E-state index in [4.69, 9.17) is 5.11 Å². The number of hydrogen-bond acceptors (Lipinski definition) is 1. The SMILES string of the molecule is C=C[C@@H](CO)C1CCCCC1. The topological polar surface area (TPSA) is 20.2 Å². The van der Waals surface area contributed by atoms with Crippen LogP contribution in [0.25, 0.3) is 0 Å². The predicted octanol–water partition coefficient (Wildman–Crippen LogP) is 2.36. The lowest BCUT2D eigenvalue weighted by atomic mass is 9.80. The van der Waals surface area contributed by atoms with Gasteiger partial charge in [-0.1, -0.05) is 25.3 Å². The third kappa shape index (κ3) is 2.33. The molecule has 0 bridgehead atoms. The molecule has 0 aromatic heterocycles. The van der Waals surface area contributed by atoms with E-state index in [1.54, 1.807) is 0 Å². The smallest absolute Gasteiger partial charge is 0.0496 e. The number of aliphatic hydroxyl groups excluding tert-OH is 1. The third-order valence-electron chi connectivity index (χ3n) is 2.77. The van der Waals surface area contributed by atoms with Gasteiger partial charge in [-0.25, -0.2) is 0 Å². The Kier molecular flexibility index (Phi) is 3.64. The Morgan fingerprint density at radius 1 is 1.36 bits per heavy atom. The quantitative estimate of drug-likeness (QED) is 0.619. The molecule has 1 fully saturated rings. The average molecular weight is 154 g/mol. The normalized spacial score (nSPS) is 23.0. The Labute approximate surface area is 69.1 Å². The first-order valence-corrected chi connectivity index (χ1v) is 4.62. The van der Waals surface area contributed by atoms with Gasteiger partial charge in [0.2, 0.25) is 0 Å². The van der Waals surface area contributed by atoms with Gasteiger partial charge in [-0.15, -0.1) is 6.58 Å². The van der Waals surface area contributed by atoms with E-state index in [0.717, 1.165) is 0 Å². The Hall–Kier alpha value is -0.300. The fraction of sp³-hybridized carbons (Fsp3) is 0.800. The van der Waals surface area contributed by atoms with Crippen molar-refractivity contribution in [3.8, 4) is 0 Å². The molecule has 1 heteroatoms. The molecule has 1 nitrogen and oxygen atoms in total. The second kappa shape index (κ2) is 4.55. The van der Waals surface area contributed by atoms with E-state index in [9.17, 15) is 0 Å². The molecule has 1 atom stereocenters. The van der Waals surface area contributed by atoms with Crippen molar-refractivity contribution in [1.82, 2.24) is 0 Å². The average Bonchev–Trinajstić information content (AvgIpc) is 2.09. The summed E-state index contributed by atoms with van der Waals surface area (Å²) in [6, 6.07) is 0.